The van der Waals surface area contributed by atoms with Crippen molar-refractivity contribution >= 4 is 11.7 Å². The average molecular weight is 283 g/mol. The summed E-state index contributed by atoms with van der Waals surface area (Å²) in [5.74, 6) is 0.0782. The monoisotopic (exact) mass is 283 g/mol. The molecule has 0 aliphatic carbocycles. The maximum atomic E-state index is 11.9. The van der Waals surface area contributed by atoms with Gasteiger partial charge in [-0.15, -0.1) is 0 Å². The lowest BCUT2D eigenvalue weighted by molar-refractivity contribution is 0.0527. The van der Waals surface area contributed by atoms with E-state index in [1.54, 1.807) is 6.07 Å². The standard InChI is InChI=1S/C18H21NO2/c1-3-21-18(20)16-11-7-8-12-17(16)19-13-14(2)15-9-5-4-6-10-15/h4-12,14,19H,3,13H2,1-2H3. The maximum absolute atomic E-state index is 11.9. The number of ether oxygens (including phenoxy) is 1. The van der Waals surface area contributed by atoms with Crippen LogP contribution in [0.2, 0.25) is 0 Å². The van der Waals surface area contributed by atoms with Crippen LogP contribution in [0.1, 0.15) is 35.7 Å². The highest BCUT2D eigenvalue weighted by Crippen LogP contribution is 2.19. The topological polar surface area (TPSA) is 38.3 Å². The molecule has 0 fully saturated rings. The first-order valence-electron chi connectivity index (χ1n) is 7.27. The lowest BCUT2D eigenvalue weighted by Crippen LogP contribution is -2.14. The first kappa shape index (κ1) is 15.1. The number of benzene rings is 2. The number of rotatable bonds is 6. The molecule has 2 rings (SSSR count). The largest absolute Gasteiger partial charge is 0.462 e. The maximum Gasteiger partial charge on any atom is 0.340 e. The van der Waals surface area contributed by atoms with Crippen molar-refractivity contribution in [2.45, 2.75) is 19.8 Å². The summed E-state index contributed by atoms with van der Waals surface area (Å²) >= 11 is 0. The Morgan fingerprint density at radius 1 is 1.10 bits per heavy atom. The van der Waals surface area contributed by atoms with Gasteiger partial charge in [0.05, 0.1) is 12.2 Å². The van der Waals surface area contributed by atoms with E-state index < -0.39 is 0 Å². The number of hydrogen-bond donors (Lipinski definition) is 1. The molecule has 0 spiro atoms. The Labute approximate surface area is 126 Å². The number of esters is 1. The van der Waals surface area contributed by atoms with Gasteiger partial charge >= 0.3 is 5.97 Å². The highest BCUT2D eigenvalue weighted by atomic mass is 16.5. The van der Waals surface area contributed by atoms with Gasteiger partial charge in [-0.3, -0.25) is 0 Å². The van der Waals surface area contributed by atoms with E-state index in [2.05, 4.69) is 24.4 Å². The van der Waals surface area contributed by atoms with E-state index in [1.807, 2.05) is 43.3 Å². The van der Waals surface area contributed by atoms with Crippen molar-refractivity contribution in [2.75, 3.05) is 18.5 Å². The van der Waals surface area contributed by atoms with Crippen molar-refractivity contribution in [3.05, 3.63) is 65.7 Å². The molecule has 0 saturated heterocycles. The van der Waals surface area contributed by atoms with Crippen LogP contribution in [0.5, 0.6) is 0 Å². The third-order valence-corrected chi connectivity index (χ3v) is 3.39. The van der Waals surface area contributed by atoms with Crippen LogP contribution in [-0.2, 0) is 4.74 Å². The van der Waals surface area contributed by atoms with E-state index >= 15 is 0 Å². The third-order valence-electron chi connectivity index (χ3n) is 3.39. The number of anilines is 1. The van der Waals surface area contributed by atoms with E-state index in [4.69, 9.17) is 4.74 Å². The molecule has 3 nitrogen and oxygen atoms in total. The minimum Gasteiger partial charge on any atom is -0.462 e. The zero-order valence-electron chi connectivity index (χ0n) is 12.5. The molecule has 0 amide bonds. The van der Waals surface area contributed by atoms with Gasteiger partial charge in [-0.05, 0) is 30.5 Å². The summed E-state index contributed by atoms with van der Waals surface area (Å²) in [6.07, 6.45) is 0. The number of carbonyl (C=O) groups excluding carboxylic acids is 1. The first-order valence-corrected chi connectivity index (χ1v) is 7.27. The molecule has 1 N–H and O–H groups in total. The molecule has 110 valence electrons. The Bertz CT molecular complexity index is 581. The van der Waals surface area contributed by atoms with Crippen molar-refractivity contribution in [3.8, 4) is 0 Å². The first-order chi connectivity index (χ1) is 10.2. The fourth-order valence-corrected chi connectivity index (χ4v) is 2.19. The summed E-state index contributed by atoms with van der Waals surface area (Å²) < 4.78 is 5.08. The average Bonchev–Trinajstić information content (AvgIpc) is 2.54. The molecule has 2 aromatic carbocycles. The minimum absolute atomic E-state index is 0.284. The zero-order valence-corrected chi connectivity index (χ0v) is 12.5. The Kier molecular flexibility index (Phi) is 5.38. The number of nitrogens with one attached hydrogen (secondary N) is 1. The SMILES string of the molecule is CCOC(=O)c1ccccc1NCC(C)c1ccccc1. The van der Waals surface area contributed by atoms with Crippen molar-refractivity contribution in [1.29, 1.82) is 0 Å². The fourth-order valence-electron chi connectivity index (χ4n) is 2.19. The third kappa shape index (κ3) is 4.09. The van der Waals surface area contributed by atoms with Gasteiger partial charge in [0.25, 0.3) is 0 Å². The molecule has 0 aromatic heterocycles. The quantitative estimate of drug-likeness (QED) is 0.812. The molecule has 21 heavy (non-hydrogen) atoms. The highest BCUT2D eigenvalue weighted by Gasteiger charge is 2.12. The summed E-state index contributed by atoms with van der Waals surface area (Å²) in [6, 6.07) is 17.8. The van der Waals surface area contributed by atoms with Gasteiger partial charge in [-0.25, -0.2) is 4.79 Å². The van der Waals surface area contributed by atoms with Crippen LogP contribution in [0.25, 0.3) is 0 Å². The van der Waals surface area contributed by atoms with Crippen LogP contribution in [0, 0.1) is 0 Å². The molecule has 0 heterocycles. The van der Waals surface area contributed by atoms with E-state index in [9.17, 15) is 4.79 Å². The molecular weight excluding hydrogens is 262 g/mol. The summed E-state index contributed by atoms with van der Waals surface area (Å²) in [5.41, 5.74) is 2.68. The second kappa shape index (κ2) is 7.48. The summed E-state index contributed by atoms with van der Waals surface area (Å²) in [6.45, 7) is 5.12. The molecular formula is C18H21NO2. The fraction of sp³-hybridized carbons (Fsp3) is 0.278. The Morgan fingerprint density at radius 2 is 1.76 bits per heavy atom. The Balaban J connectivity index is 2.05. The smallest absolute Gasteiger partial charge is 0.340 e. The van der Waals surface area contributed by atoms with Gasteiger partial charge in [0.15, 0.2) is 0 Å². The van der Waals surface area contributed by atoms with Crippen LogP contribution >= 0.6 is 0 Å². The van der Waals surface area contributed by atoms with Gasteiger partial charge in [-0.2, -0.15) is 0 Å². The van der Waals surface area contributed by atoms with Gasteiger partial charge < -0.3 is 10.1 Å². The molecule has 0 bridgehead atoms. The summed E-state index contributed by atoms with van der Waals surface area (Å²) in [7, 11) is 0. The van der Waals surface area contributed by atoms with Crippen LogP contribution in [-0.4, -0.2) is 19.1 Å². The molecule has 3 heteroatoms. The number of para-hydroxylation sites is 1. The van der Waals surface area contributed by atoms with Gasteiger partial charge in [0.2, 0.25) is 0 Å². The van der Waals surface area contributed by atoms with Crippen molar-refractivity contribution in [2.24, 2.45) is 0 Å². The van der Waals surface area contributed by atoms with Crippen molar-refractivity contribution in [1.82, 2.24) is 0 Å². The summed E-state index contributed by atoms with van der Waals surface area (Å²) in [4.78, 5) is 11.9. The lowest BCUT2D eigenvalue weighted by atomic mass is 10.0. The zero-order chi connectivity index (χ0) is 15.1. The second-order valence-corrected chi connectivity index (χ2v) is 4.96. The lowest BCUT2D eigenvalue weighted by Gasteiger charge is -2.16. The molecule has 0 radical (unpaired) electrons. The summed E-state index contributed by atoms with van der Waals surface area (Å²) in [5, 5.41) is 3.35. The minimum atomic E-state index is -0.284. The van der Waals surface area contributed by atoms with E-state index in [0.29, 0.717) is 18.1 Å². The van der Waals surface area contributed by atoms with Gasteiger partial charge in [0, 0.05) is 12.2 Å². The Hall–Kier alpha value is -2.29. The molecule has 1 unspecified atom stereocenters. The molecule has 0 saturated carbocycles. The van der Waals surface area contributed by atoms with Crippen LogP contribution in [0.3, 0.4) is 0 Å². The van der Waals surface area contributed by atoms with Gasteiger partial charge in [0.1, 0.15) is 0 Å². The molecule has 2 aromatic rings. The second-order valence-electron chi connectivity index (χ2n) is 4.96. The van der Waals surface area contributed by atoms with Crippen LogP contribution < -0.4 is 5.32 Å². The predicted octanol–water partition coefficient (Wildman–Crippen LogP) is 4.08. The Morgan fingerprint density at radius 3 is 2.48 bits per heavy atom. The normalized spacial score (nSPS) is 11.7. The highest BCUT2D eigenvalue weighted by molar-refractivity contribution is 5.95. The van der Waals surface area contributed by atoms with E-state index in [-0.39, 0.29) is 5.97 Å². The molecule has 0 aliphatic heterocycles. The van der Waals surface area contributed by atoms with E-state index in [1.165, 1.54) is 5.56 Å². The van der Waals surface area contributed by atoms with Crippen molar-refractivity contribution in [3.63, 3.8) is 0 Å². The van der Waals surface area contributed by atoms with Crippen LogP contribution in [0.15, 0.2) is 54.6 Å². The van der Waals surface area contributed by atoms with E-state index in [0.717, 1.165) is 12.2 Å². The molecule has 0 aliphatic rings. The van der Waals surface area contributed by atoms with Crippen molar-refractivity contribution < 1.29 is 9.53 Å². The number of hydrogen-bond acceptors (Lipinski definition) is 3. The van der Waals surface area contributed by atoms with Gasteiger partial charge in [-0.1, -0.05) is 49.4 Å². The number of carbonyl (C=O) groups is 1. The predicted molar refractivity (Wildman–Crippen MR) is 85.7 cm³/mol. The molecule has 1 atom stereocenters. The van der Waals surface area contributed by atoms with Crippen LogP contribution in [0.4, 0.5) is 5.69 Å².